The number of nitrogens with two attached hydrogens (primary N) is 1. The summed E-state index contributed by atoms with van der Waals surface area (Å²) in [6.45, 7) is 1.74. The van der Waals surface area contributed by atoms with E-state index in [0.29, 0.717) is 5.92 Å². The van der Waals surface area contributed by atoms with Crippen LogP contribution in [0, 0.1) is 0 Å². The molecule has 0 saturated carbocycles. The van der Waals surface area contributed by atoms with Crippen molar-refractivity contribution in [1.82, 2.24) is 9.88 Å². The summed E-state index contributed by atoms with van der Waals surface area (Å²) in [5, 5.41) is 3.13. The molecular formula is C10H17Cl2N3OS. The highest BCUT2D eigenvalue weighted by Gasteiger charge is 2.25. The lowest BCUT2D eigenvalue weighted by Gasteiger charge is -2.31. The van der Waals surface area contributed by atoms with E-state index in [2.05, 4.69) is 4.98 Å². The number of carbonyl (C=O) groups excluding carboxylic acids is 1. The highest BCUT2D eigenvalue weighted by molar-refractivity contribution is 7.09. The molecule has 0 bridgehead atoms. The summed E-state index contributed by atoms with van der Waals surface area (Å²) in [5.74, 6) is 0.463. The lowest BCUT2D eigenvalue weighted by Crippen LogP contribution is -2.42. The van der Waals surface area contributed by atoms with Crippen molar-refractivity contribution in [2.75, 3.05) is 19.6 Å². The zero-order valence-corrected chi connectivity index (χ0v) is 11.8. The maximum Gasteiger partial charge on any atom is 0.236 e. The third kappa shape index (κ3) is 4.10. The van der Waals surface area contributed by atoms with Crippen LogP contribution in [0.25, 0.3) is 0 Å². The number of carbonyl (C=O) groups is 1. The molecule has 1 aromatic rings. The van der Waals surface area contributed by atoms with Gasteiger partial charge >= 0.3 is 0 Å². The summed E-state index contributed by atoms with van der Waals surface area (Å²) in [4.78, 5) is 17.6. The SMILES string of the molecule is Cl.Cl.NCC(=O)N1CCCC(c2nccs2)C1. The maximum atomic E-state index is 11.5. The van der Waals surface area contributed by atoms with Crippen LogP contribution in [0.4, 0.5) is 0 Å². The van der Waals surface area contributed by atoms with Crippen molar-refractivity contribution in [1.29, 1.82) is 0 Å². The average molecular weight is 298 g/mol. The Morgan fingerprint density at radius 3 is 2.94 bits per heavy atom. The van der Waals surface area contributed by atoms with E-state index in [1.54, 1.807) is 11.3 Å². The summed E-state index contributed by atoms with van der Waals surface area (Å²) >= 11 is 1.67. The van der Waals surface area contributed by atoms with E-state index in [0.717, 1.165) is 30.9 Å². The minimum Gasteiger partial charge on any atom is -0.341 e. The second-order valence-corrected chi connectivity index (χ2v) is 4.68. The van der Waals surface area contributed by atoms with Gasteiger partial charge in [-0.3, -0.25) is 4.79 Å². The predicted octanol–water partition coefficient (Wildman–Crippen LogP) is 1.65. The molecule has 2 heterocycles. The molecule has 2 rings (SSSR count). The molecule has 98 valence electrons. The molecule has 1 aliphatic rings. The molecule has 1 aromatic heterocycles. The molecule has 0 aromatic carbocycles. The van der Waals surface area contributed by atoms with Crippen LogP contribution in [-0.4, -0.2) is 35.4 Å². The van der Waals surface area contributed by atoms with Crippen LogP contribution in [-0.2, 0) is 4.79 Å². The highest BCUT2D eigenvalue weighted by atomic mass is 35.5. The number of rotatable bonds is 2. The Morgan fingerprint density at radius 2 is 2.35 bits per heavy atom. The number of thiazole rings is 1. The van der Waals surface area contributed by atoms with Gasteiger partial charge in [0.05, 0.1) is 11.6 Å². The van der Waals surface area contributed by atoms with Crippen molar-refractivity contribution >= 4 is 42.1 Å². The van der Waals surface area contributed by atoms with Gasteiger partial charge in [-0.25, -0.2) is 4.98 Å². The van der Waals surface area contributed by atoms with Crippen LogP contribution in [0.15, 0.2) is 11.6 Å². The highest BCUT2D eigenvalue weighted by Crippen LogP contribution is 2.27. The third-order valence-electron chi connectivity index (χ3n) is 2.75. The van der Waals surface area contributed by atoms with E-state index < -0.39 is 0 Å². The van der Waals surface area contributed by atoms with Crippen molar-refractivity contribution in [2.24, 2.45) is 5.73 Å². The molecule has 4 nitrogen and oxygen atoms in total. The number of amides is 1. The first-order chi connectivity index (χ1) is 7.31. The molecule has 0 spiro atoms. The molecule has 7 heteroatoms. The lowest BCUT2D eigenvalue weighted by atomic mass is 9.99. The number of halogens is 2. The number of aromatic nitrogens is 1. The third-order valence-corrected chi connectivity index (χ3v) is 3.69. The fourth-order valence-electron chi connectivity index (χ4n) is 1.97. The molecule has 0 aliphatic carbocycles. The minimum absolute atomic E-state index is 0. The van der Waals surface area contributed by atoms with Crippen molar-refractivity contribution in [3.05, 3.63) is 16.6 Å². The summed E-state index contributed by atoms with van der Waals surface area (Å²) in [5.41, 5.74) is 5.36. The summed E-state index contributed by atoms with van der Waals surface area (Å²) in [7, 11) is 0. The van der Waals surface area contributed by atoms with Gasteiger partial charge in [-0.1, -0.05) is 0 Å². The summed E-state index contributed by atoms with van der Waals surface area (Å²) in [6, 6.07) is 0. The first kappa shape index (κ1) is 16.6. The zero-order valence-electron chi connectivity index (χ0n) is 9.37. The smallest absolute Gasteiger partial charge is 0.236 e. The van der Waals surface area contributed by atoms with E-state index in [1.165, 1.54) is 0 Å². The monoisotopic (exact) mass is 297 g/mol. The quantitative estimate of drug-likeness (QED) is 0.903. The molecule has 1 fully saturated rings. The first-order valence-corrected chi connectivity index (χ1v) is 6.06. The van der Waals surface area contributed by atoms with Crippen LogP contribution >= 0.6 is 36.2 Å². The van der Waals surface area contributed by atoms with Gasteiger partial charge in [0, 0.05) is 30.6 Å². The first-order valence-electron chi connectivity index (χ1n) is 5.18. The molecule has 0 radical (unpaired) electrons. The van der Waals surface area contributed by atoms with Crippen LogP contribution < -0.4 is 5.73 Å². The number of hydrogen-bond acceptors (Lipinski definition) is 4. The Kier molecular flexibility index (Phi) is 7.70. The lowest BCUT2D eigenvalue weighted by molar-refractivity contribution is -0.130. The topological polar surface area (TPSA) is 59.2 Å². The summed E-state index contributed by atoms with van der Waals surface area (Å²) < 4.78 is 0. The molecule has 17 heavy (non-hydrogen) atoms. The van der Waals surface area contributed by atoms with Gasteiger partial charge < -0.3 is 10.6 Å². The summed E-state index contributed by atoms with van der Waals surface area (Å²) in [6.07, 6.45) is 4.00. The van der Waals surface area contributed by atoms with Crippen molar-refractivity contribution in [3.63, 3.8) is 0 Å². The number of likely N-dealkylation sites (tertiary alicyclic amines) is 1. The van der Waals surface area contributed by atoms with Crippen molar-refractivity contribution in [3.8, 4) is 0 Å². The number of nitrogens with zero attached hydrogens (tertiary/aromatic N) is 2. The van der Waals surface area contributed by atoms with E-state index in [-0.39, 0.29) is 37.3 Å². The van der Waals surface area contributed by atoms with E-state index in [1.807, 2.05) is 16.5 Å². The molecule has 1 saturated heterocycles. The van der Waals surface area contributed by atoms with Gasteiger partial charge in [0.1, 0.15) is 0 Å². The molecule has 2 N–H and O–H groups in total. The van der Waals surface area contributed by atoms with Gasteiger partial charge in [0.15, 0.2) is 0 Å². The Hall–Kier alpha value is -0.360. The van der Waals surface area contributed by atoms with Crippen molar-refractivity contribution in [2.45, 2.75) is 18.8 Å². The Labute approximate surface area is 117 Å². The van der Waals surface area contributed by atoms with Gasteiger partial charge in [-0.2, -0.15) is 0 Å². The van der Waals surface area contributed by atoms with Crippen LogP contribution in [0.3, 0.4) is 0 Å². The number of hydrogen-bond donors (Lipinski definition) is 1. The van der Waals surface area contributed by atoms with Gasteiger partial charge in [-0.05, 0) is 12.8 Å². The fourth-order valence-corrected chi connectivity index (χ4v) is 2.74. The van der Waals surface area contributed by atoms with E-state index in [4.69, 9.17) is 5.73 Å². The molecule has 1 amide bonds. The van der Waals surface area contributed by atoms with Crippen LogP contribution in [0.5, 0.6) is 0 Å². The molecule has 1 unspecified atom stereocenters. The predicted molar refractivity (Wildman–Crippen MR) is 74.2 cm³/mol. The standard InChI is InChI=1S/C10H15N3OS.2ClH/c11-6-9(14)13-4-1-2-8(7-13)10-12-3-5-15-10;;/h3,5,8H,1-2,4,6-7,11H2;2*1H. The molecule has 1 aliphatic heterocycles. The van der Waals surface area contributed by atoms with Gasteiger partial charge in [-0.15, -0.1) is 36.2 Å². The van der Waals surface area contributed by atoms with E-state index >= 15 is 0 Å². The van der Waals surface area contributed by atoms with Crippen LogP contribution in [0.2, 0.25) is 0 Å². The number of piperidine rings is 1. The maximum absolute atomic E-state index is 11.5. The Balaban J connectivity index is 0.00000128. The van der Waals surface area contributed by atoms with Gasteiger partial charge in [0.2, 0.25) is 5.91 Å². The van der Waals surface area contributed by atoms with Gasteiger partial charge in [0.25, 0.3) is 0 Å². The minimum atomic E-state index is 0. The average Bonchev–Trinajstić information content (AvgIpc) is 2.82. The Morgan fingerprint density at radius 1 is 1.59 bits per heavy atom. The molecule has 1 atom stereocenters. The second kappa shape index (κ2) is 7.87. The fraction of sp³-hybridized carbons (Fsp3) is 0.600. The zero-order chi connectivity index (χ0) is 10.7. The van der Waals surface area contributed by atoms with Crippen molar-refractivity contribution < 1.29 is 4.79 Å². The second-order valence-electron chi connectivity index (χ2n) is 3.75. The molecular weight excluding hydrogens is 281 g/mol. The van der Waals surface area contributed by atoms with Crippen LogP contribution in [0.1, 0.15) is 23.8 Å². The van der Waals surface area contributed by atoms with E-state index in [9.17, 15) is 4.79 Å². The largest absolute Gasteiger partial charge is 0.341 e. The Bertz CT molecular complexity index is 334. The normalized spacial score (nSPS) is 19.1.